The van der Waals surface area contributed by atoms with Crippen molar-refractivity contribution >= 4 is 22.2 Å². The number of halogens is 1. The molecule has 0 aliphatic rings. The Balaban J connectivity index is 2.22. The van der Waals surface area contributed by atoms with Gasteiger partial charge in [-0.1, -0.05) is 6.07 Å². The smallest absolute Gasteiger partial charge is 0.175 e. The summed E-state index contributed by atoms with van der Waals surface area (Å²) < 4.78 is 11.7. The van der Waals surface area contributed by atoms with Gasteiger partial charge < -0.3 is 9.47 Å². The van der Waals surface area contributed by atoms with E-state index in [2.05, 4.69) is 20.9 Å². The molecule has 0 atom stereocenters. The summed E-state index contributed by atoms with van der Waals surface area (Å²) in [5.74, 6) is 1.07. The minimum atomic E-state index is 0.330. The van der Waals surface area contributed by atoms with Crippen LogP contribution in [0.4, 0.5) is 0 Å². The molecule has 0 aliphatic carbocycles. The monoisotopic (exact) mass is 335 g/mol. The largest absolute Gasteiger partial charge is 0.493 e. The van der Waals surface area contributed by atoms with Crippen molar-refractivity contribution in [2.24, 2.45) is 0 Å². The summed E-state index contributed by atoms with van der Waals surface area (Å²) in [6.07, 6.45) is 0.763. The third-order valence-electron chi connectivity index (χ3n) is 2.70. The highest BCUT2D eigenvalue weighted by Crippen LogP contribution is 2.36. The number of aldehydes is 1. The van der Waals surface area contributed by atoms with Crippen molar-refractivity contribution in [3.63, 3.8) is 0 Å². The van der Waals surface area contributed by atoms with Gasteiger partial charge in [-0.15, -0.1) is 0 Å². The molecule has 2 rings (SSSR count). The van der Waals surface area contributed by atoms with E-state index in [-0.39, 0.29) is 0 Å². The van der Waals surface area contributed by atoms with Crippen LogP contribution in [0.1, 0.15) is 21.7 Å². The Hall–Kier alpha value is -1.88. The Kier molecular flexibility index (Phi) is 4.74. The number of ether oxygens (including phenoxy) is 2. The maximum atomic E-state index is 10.8. The normalized spacial score (nSPS) is 10.2. The fourth-order valence-corrected chi connectivity index (χ4v) is 2.35. The van der Waals surface area contributed by atoms with Crippen LogP contribution in [-0.4, -0.2) is 18.4 Å². The molecule has 20 heavy (non-hydrogen) atoms. The lowest BCUT2D eigenvalue weighted by Gasteiger charge is -2.13. The number of carbonyl (C=O) groups is 1. The van der Waals surface area contributed by atoms with Crippen LogP contribution in [0.2, 0.25) is 0 Å². The standard InChI is InChI=1S/C15H14BrNO3/c1-10-4-3-5-12(17-10)9-20-15-13(16)6-11(8-18)7-14(15)19-2/h3-8H,9H2,1-2H3. The Labute approximate surface area is 125 Å². The van der Waals surface area contributed by atoms with Crippen molar-refractivity contribution in [3.8, 4) is 11.5 Å². The molecule has 4 nitrogen and oxygen atoms in total. The highest BCUT2D eigenvalue weighted by Gasteiger charge is 2.12. The van der Waals surface area contributed by atoms with Gasteiger partial charge in [0, 0.05) is 11.3 Å². The molecule has 0 spiro atoms. The molecular weight excluding hydrogens is 322 g/mol. The third-order valence-corrected chi connectivity index (χ3v) is 3.29. The summed E-state index contributed by atoms with van der Waals surface area (Å²) >= 11 is 3.38. The average molecular weight is 336 g/mol. The van der Waals surface area contributed by atoms with Crippen LogP contribution in [0.5, 0.6) is 11.5 Å². The summed E-state index contributed by atoms with van der Waals surface area (Å²) in [4.78, 5) is 15.2. The first-order valence-electron chi connectivity index (χ1n) is 6.02. The van der Waals surface area contributed by atoms with Crippen LogP contribution in [0, 0.1) is 6.92 Å². The van der Waals surface area contributed by atoms with Gasteiger partial charge in [0.1, 0.15) is 12.9 Å². The summed E-state index contributed by atoms with van der Waals surface area (Å²) in [6, 6.07) is 9.08. The Morgan fingerprint density at radius 1 is 1.35 bits per heavy atom. The Morgan fingerprint density at radius 2 is 2.15 bits per heavy atom. The SMILES string of the molecule is COc1cc(C=O)cc(Br)c1OCc1cccc(C)n1. The minimum Gasteiger partial charge on any atom is -0.493 e. The van der Waals surface area contributed by atoms with E-state index in [1.165, 1.54) is 7.11 Å². The zero-order valence-electron chi connectivity index (χ0n) is 11.2. The van der Waals surface area contributed by atoms with E-state index in [1.54, 1.807) is 12.1 Å². The Morgan fingerprint density at radius 3 is 2.80 bits per heavy atom. The molecule has 0 radical (unpaired) electrons. The number of carbonyl (C=O) groups excluding carboxylic acids is 1. The molecule has 2 aromatic rings. The van der Waals surface area contributed by atoms with Crippen molar-refractivity contribution in [1.29, 1.82) is 0 Å². The molecule has 1 aromatic heterocycles. The first-order valence-corrected chi connectivity index (χ1v) is 6.81. The molecule has 1 heterocycles. The molecule has 104 valence electrons. The predicted octanol–water partition coefficient (Wildman–Crippen LogP) is 3.55. The van der Waals surface area contributed by atoms with E-state index >= 15 is 0 Å². The number of hydrogen-bond acceptors (Lipinski definition) is 4. The zero-order chi connectivity index (χ0) is 14.5. The first kappa shape index (κ1) is 14.5. The number of benzene rings is 1. The van der Waals surface area contributed by atoms with Gasteiger partial charge in [-0.05, 0) is 47.1 Å². The zero-order valence-corrected chi connectivity index (χ0v) is 12.8. The number of aromatic nitrogens is 1. The average Bonchev–Trinajstić information content (AvgIpc) is 2.45. The quantitative estimate of drug-likeness (QED) is 0.784. The van der Waals surface area contributed by atoms with E-state index in [4.69, 9.17) is 9.47 Å². The summed E-state index contributed by atoms with van der Waals surface area (Å²) in [6.45, 7) is 2.26. The van der Waals surface area contributed by atoms with Crippen molar-refractivity contribution in [3.05, 3.63) is 51.8 Å². The van der Waals surface area contributed by atoms with Gasteiger partial charge in [0.15, 0.2) is 11.5 Å². The van der Waals surface area contributed by atoms with Crippen LogP contribution in [0.25, 0.3) is 0 Å². The number of nitrogens with zero attached hydrogens (tertiary/aromatic N) is 1. The van der Waals surface area contributed by atoms with Gasteiger partial charge >= 0.3 is 0 Å². The summed E-state index contributed by atoms with van der Waals surface area (Å²) in [5.41, 5.74) is 2.29. The van der Waals surface area contributed by atoms with E-state index in [0.717, 1.165) is 17.7 Å². The molecule has 5 heteroatoms. The summed E-state index contributed by atoms with van der Waals surface area (Å²) in [7, 11) is 1.54. The van der Waals surface area contributed by atoms with Crippen LogP contribution in [0.15, 0.2) is 34.8 Å². The molecule has 0 unspecified atom stereocenters. The lowest BCUT2D eigenvalue weighted by atomic mass is 10.2. The second-order valence-corrected chi connectivity index (χ2v) is 5.07. The van der Waals surface area contributed by atoms with Crippen LogP contribution < -0.4 is 9.47 Å². The van der Waals surface area contributed by atoms with E-state index in [0.29, 0.717) is 28.1 Å². The molecule has 0 fully saturated rings. The van der Waals surface area contributed by atoms with Crippen molar-refractivity contribution in [2.75, 3.05) is 7.11 Å². The van der Waals surface area contributed by atoms with E-state index in [9.17, 15) is 4.79 Å². The van der Waals surface area contributed by atoms with E-state index < -0.39 is 0 Å². The molecule has 0 aliphatic heterocycles. The third kappa shape index (κ3) is 3.36. The van der Waals surface area contributed by atoms with Gasteiger partial charge in [-0.3, -0.25) is 9.78 Å². The number of pyridine rings is 1. The molecular formula is C15H14BrNO3. The molecule has 0 amide bonds. The fourth-order valence-electron chi connectivity index (χ4n) is 1.77. The van der Waals surface area contributed by atoms with Gasteiger partial charge in [0.05, 0.1) is 17.3 Å². The van der Waals surface area contributed by atoms with Gasteiger partial charge in [0.2, 0.25) is 0 Å². The van der Waals surface area contributed by atoms with Gasteiger partial charge in [0.25, 0.3) is 0 Å². The molecule has 0 N–H and O–H groups in total. The Bertz CT molecular complexity index is 629. The molecule has 1 aromatic carbocycles. The number of methoxy groups -OCH3 is 1. The maximum Gasteiger partial charge on any atom is 0.175 e. The van der Waals surface area contributed by atoms with Crippen molar-refractivity contribution in [2.45, 2.75) is 13.5 Å². The predicted molar refractivity (Wildman–Crippen MR) is 79.4 cm³/mol. The highest BCUT2D eigenvalue weighted by molar-refractivity contribution is 9.10. The van der Waals surface area contributed by atoms with Crippen molar-refractivity contribution < 1.29 is 14.3 Å². The van der Waals surface area contributed by atoms with Crippen molar-refractivity contribution in [1.82, 2.24) is 4.98 Å². The van der Waals surface area contributed by atoms with Crippen LogP contribution in [0.3, 0.4) is 0 Å². The van der Waals surface area contributed by atoms with Gasteiger partial charge in [-0.25, -0.2) is 0 Å². The maximum absolute atomic E-state index is 10.8. The fraction of sp³-hybridized carbons (Fsp3) is 0.200. The lowest BCUT2D eigenvalue weighted by Crippen LogP contribution is -2.01. The minimum absolute atomic E-state index is 0.330. The van der Waals surface area contributed by atoms with Gasteiger partial charge in [-0.2, -0.15) is 0 Å². The van der Waals surface area contributed by atoms with Crippen LogP contribution in [-0.2, 0) is 6.61 Å². The second-order valence-electron chi connectivity index (χ2n) is 4.21. The topological polar surface area (TPSA) is 48.4 Å². The number of rotatable bonds is 5. The second kappa shape index (κ2) is 6.52. The van der Waals surface area contributed by atoms with E-state index in [1.807, 2.05) is 25.1 Å². The number of hydrogen-bond donors (Lipinski definition) is 0. The number of aryl methyl sites for hydroxylation is 1. The molecule has 0 saturated carbocycles. The van der Waals surface area contributed by atoms with Crippen LogP contribution >= 0.6 is 15.9 Å². The highest BCUT2D eigenvalue weighted by atomic mass is 79.9. The lowest BCUT2D eigenvalue weighted by molar-refractivity contribution is 0.112. The first-order chi connectivity index (χ1) is 9.63. The molecule has 0 bridgehead atoms. The molecule has 0 saturated heterocycles. The summed E-state index contributed by atoms with van der Waals surface area (Å²) in [5, 5.41) is 0.